The van der Waals surface area contributed by atoms with Gasteiger partial charge < -0.3 is 14.7 Å². The van der Waals surface area contributed by atoms with Gasteiger partial charge in [-0.05, 0) is 55.0 Å². The lowest BCUT2D eigenvalue weighted by Crippen LogP contribution is -2.32. The minimum absolute atomic E-state index is 0.0518. The molecule has 142 valence electrons. The van der Waals surface area contributed by atoms with Crippen molar-refractivity contribution < 1.29 is 19.5 Å². The SMILES string of the molecule is COCN(C(=O)O)c1ccccc1CON=C(C)c1ccc2c(c1)CCC2. The van der Waals surface area contributed by atoms with Gasteiger partial charge in [-0.15, -0.1) is 0 Å². The van der Waals surface area contributed by atoms with Gasteiger partial charge in [0.15, 0.2) is 0 Å². The fraction of sp³-hybridized carbons (Fsp3) is 0.333. The summed E-state index contributed by atoms with van der Waals surface area (Å²) in [6, 6.07) is 13.6. The lowest BCUT2D eigenvalue weighted by atomic mass is 10.0. The molecule has 0 radical (unpaired) electrons. The van der Waals surface area contributed by atoms with Crippen molar-refractivity contribution in [1.82, 2.24) is 0 Å². The summed E-state index contributed by atoms with van der Waals surface area (Å²) >= 11 is 0. The number of benzene rings is 2. The Hall–Kier alpha value is -2.86. The van der Waals surface area contributed by atoms with Crippen LogP contribution >= 0.6 is 0 Å². The summed E-state index contributed by atoms with van der Waals surface area (Å²) in [7, 11) is 1.46. The zero-order valence-corrected chi connectivity index (χ0v) is 15.6. The fourth-order valence-corrected chi connectivity index (χ4v) is 3.30. The van der Waals surface area contributed by atoms with E-state index in [1.165, 1.54) is 24.7 Å². The normalized spacial score (nSPS) is 13.3. The Bertz CT molecular complexity index is 848. The van der Waals surface area contributed by atoms with Crippen LogP contribution in [0.3, 0.4) is 0 Å². The van der Waals surface area contributed by atoms with Gasteiger partial charge >= 0.3 is 6.09 Å². The van der Waals surface area contributed by atoms with Crippen LogP contribution < -0.4 is 4.90 Å². The highest BCUT2D eigenvalue weighted by atomic mass is 16.6. The first-order valence-corrected chi connectivity index (χ1v) is 8.96. The number of carbonyl (C=O) groups is 1. The molecule has 0 fully saturated rings. The third-order valence-corrected chi connectivity index (χ3v) is 4.71. The lowest BCUT2D eigenvalue weighted by molar-refractivity contribution is 0.130. The van der Waals surface area contributed by atoms with E-state index < -0.39 is 6.09 Å². The molecule has 6 nitrogen and oxygen atoms in total. The van der Waals surface area contributed by atoms with Crippen molar-refractivity contribution in [3.8, 4) is 0 Å². The standard InChI is InChI=1S/C21H24N2O4/c1-15(17-11-10-16-7-5-8-18(16)12-17)22-27-13-19-6-3-4-9-20(19)23(14-26-2)21(24)25/h3-4,6,9-12H,5,7-8,13-14H2,1-2H3,(H,24,25). The van der Waals surface area contributed by atoms with Crippen molar-refractivity contribution in [2.45, 2.75) is 32.8 Å². The zero-order chi connectivity index (χ0) is 19.2. The number of nitrogens with zero attached hydrogens (tertiary/aromatic N) is 2. The predicted molar refractivity (Wildman–Crippen MR) is 104 cm³/mol. The van der Waals surface area contributed by atoms with Crippen LogP contribution in [0.15, 0.2) is 47.6 Å². The van der Waals surface area contributed by atoms with E-state index in [1.54, 1.807) is 12.1 Å². The van der Waals surface area contributed by atoms with Crippen LogP contribution in [0.4, 0.5) is 10.5 Å². The van der Waals surface area contributed by atoms with Gasteiger partial charge in [0.25, 0.3) is 0 Å². The Balaban J connectivity index is 1.71. The van der Waals surface area contributed by atoms with Crippen molar-refractivity contribution in [2.24, 2.45) is 5.16 Å². The molecular weight excluding hydrogens is 344 g/mol. The highest BCUT2D eigenvalue weighted by Crippen LogP contribution is 2.24. The summed E-state index contributed by atoms with van der Waals surface area (Å²) in [6.07, 6.45) is 2.40. The highest BCUT2D eigenvalue weighted by molar-refractivity contribution is 5.98. The maximum Gasteiger partial charge on any atom is 0.413 e. The van der Waals surface area contributed by atoms with Crippen LogP contribution in [-0.2, 0) is 29.0 Å². The molecule has 0 heterocycles. The van der Waals surface area contributed by atoms with E-state index in [9.17, 15) is 9.90 Å². The number of methoxy groups -OCH3 is 1. The molecule has 2 aromatic rings. The summed E-state index contributed by atoms with van der Waals surface area (Å²) in [5.74, 6) is 0. The van der Waals surface area contributed by atoms with E-state index >= 15 is 0 Å². The number of oxime groups is 1. The Kier molecular flexibility index (Phi) is 6.08. The third-order valence-electron chi connectivity index (χ3n) is 4.71. The molecule has 0 aliphatic heterocycles. The molecule has 1 aliphatic rings. The van der Waals surface area contributed by atoms with Gasteiger partial charge in [0, 0.05) is 12.7 Å². The van der Waals surface area contributed by atoms with Crippen molar-refractivity contribution >= 4 is 17.5 Å². The number of hydrogen-bond acceptors (Lipinski definition) is 4. The largest absolute Gasteiger partial charge is 0.465 e. The molecule has 0 spiro atoms. The van der Waals surface area contributed by atoms with E-state index in [1.807, 2.05) is 19.1 Å². The molecule has 3 rings (SSSR count). The van der Waals surface area contributed by atoms with Crippen molar-refractivity contribution in [1.29, 1.82) is 0 Å². The molecular formula is C21H24N2O4. The van der Waals surface area contributed by atoms with Gasteiger partial charge in [-0.3, -0.25) is 4.90 Å². The summed E-state index contributed by atoms with van der Waals surface area (Å²) in [5.41, 5.74) is 5.92. The molecule has 0 unspecified atom stereocenters. The van der Waals surface area contributed by atoms with Crippen molar-refractivity contribution in [2.75, 3.05) is 18.7 Å². The number of ether oxygens (including phenoxy) is 1. The molecule has 27 heavy (non-hydrogen) atoms. The quantitative estimate of drug-likeness (QED) is 0.452. The van der Waals surface area contributed by atoms with E-state index in [2.05, 4.69) is 23.4 Å². The molecule has 0 aromatic heterocycles. The van der Waals surface area contributed by atoms with E-state index in [4.69, 9.17) is 9.57 Å². The molecule has 1 N–H and O–H groups in total. The van der Waals surface area contributed by atoms with Crippen LogP contribution in [0.1, 0.15) is 35.6 Å². The Morgan fingerprint density at radius 3 is 2.74 bits per heavy atom. The molecule has 1 amide bonds. The second-order valence-corrected chi connectivity index (χ2v) is 6.54. The predicted octanol–water partition coefficient (Wildman–Crippen LogP) is 4.20. The van der Waals surface area contributed by atoms with E-state index in [-0.39, 0.29) is 13.3 Å². The van der Waals surface area contributed by atoms with Gasteiger partial charge in [0.1, 0.15) is 13.3 Å². The second kappa shape index (κ2) is 8.68. The fourth-order valence-electron chi connectivity index (χ4n) is 3.30. The number of fused-ring (bicyclic) bond motifs is 1. The Morgan fingerprint density at radius 2 is 1.96 bits per heavy atom. The van der Waals surface area contributed by atoms with E-state index in [0.717, 1.165) is 34.6 Å². The van der Waals surface area contributed by atoms with Gasteiger partial charge in [0.2, 0.25) is 0 Å². The van der Waals surface area contributed by atoms with Crippen LogP contribution in [0.5, 0.6) is 0 Å². The molecule has 0 saturated heterocycles. The summed E-state index contributed by atoms with van der Waals surface area (Å²) in [5, 5.41) is 13.6. The van der Waals surface area contributed by atoms with E-state index in [0.29, 0.717) is 5.69 Å². The number of rotatable bonds is 7. The third kappa shape index (κ3) is 4.46. The zero-order valence-electron chi connectivity index (χ0n) is 15.6. The maximum atomic E-state index is 11.5. The Labute approximate surface area is 159 Å². The molecule has 0 saturated carbocycles. The minimum Gasteiger partial charge on any atom is -0.465 e. The molecule has 1 aliphatic carbocycles. The summed E-state index contributed by atoms with van der Waals surface area (Å²) in [4.78, 5) is 18.1. The highest BCUT2D eigenvalue weighted by Gasteiger charge is 2.17. The number of amides is 1. The van der Waals surface area contributed by atoms with Crippen molar-refractivity contribution in [3.05, 3.63) is 64.7 Å². The monoisotopic (exact) mass is 368 g/mol. The van der Waals surface area contributed by atoms with Crippen LogP contribution in [0, 0.1) is 0 Å². The molecule has 0 atom stereocenters. The van der Waals surface area contributed by atoms with Gasteiger partial charge in [0.05, 0.1) is 11.4 Å². The summed E-state index contributed by atoms with van der Waals surface area (Å²) < 4.78 is 4.99. The topological polar surface area (TPSA) is 71.4 Å². The summed E-state index contributed by atoms with van der Waals surface area (Å²) in [6.45, 7) is 2.03. The van der Waals surface area contributed by atoms with Gasteiger partial charge in [-0.2, -0.15) is 0 Å². The molecule has 0 bridgehead atoms. The minimum atomic E-state index is -1.08. The van der Waals surface area contributed by atoms with Crippen LogP contribution in [0.25, 0.3) is 0 Å². The molecule has 2 aromatic carbocycles. The van der Waals surface area contributed by atoms with Crippen LogP contribution in [0.2, 0.25) is 0 Å². The first-order valence-electron chi connectivity index (χ1n) is 8.96. The number of carboxylic acid groups (broad SMARTS) is 1. The first-order chi connectivity index (χ1) is 13.1. The lowest BCUT2D eigenvalue weighted by Gasteiger charge is -2.20. The smallest absolute Gasteiger partial charge is 0.413 e. The second-order valence-electron chi connectivity index (χ2n) is 6.54. The number of hydrogen-bond donors (Lipinski definition) is 1. The number of aryl methyl sites for hydroxylation is 2. The van der Waals surface area contributed by atoms with Crippen LogP contribution in [-0.4, -0.2) is 30.8 Å². The maximum absolute atomic E-state index is 11.5. The number of anilines is 1. The molecule has 6 heteroatoms. The van der Waals surface area contributed by atoms with Gasteiger partial charge in [-0.25, -0.2) is 4.79 Å². The first kappa shape index (κ1) is 18.9. The van der Waals surface area contributed by atoms with Gasteiger partial charge in [-0.1, -0.05) is 35.5 Å². The average molecular weight is 368 g/mol. The number of para-hydroxylation sites is 1. The average Bonchev–Trinajstić information content (AvgIpc) is 3.14. The van der Waals surface area contributed by atoms with Crippen molar-refractivity contribution in [3.63, 3.8) is 0 Å². The Morgan fingerprint density at radius 1 is 1.19 bits per heavy atom.